The van der Waals surface area contributed by atoms with Gasteiger partial charge in [0.15, 0.2) is 5.13 Å². The third kappa shape index (κ3) is 3.04. The number of hydrogen-bond acceptors (Lipinski definition) is 5. The Hall–Kier alpha value is -1.59. The molecule has 3 rings (SSSR count). The van der Waals surface area contributed by atoms with Crippen molar-refractivity contribution < 1.29 is 5.11 Å². The van der Waals surface area contributed by atoms with Crippen LogP contribution in [0.15, 0.2) is 35.8 Å². The van der Waals surface area contributed by atoms with Crippen LogP contribution in [0.5, 0.6) is 0 Å². The molecule has 112 valence electrons. The molecule has 21 heavy (non-hydrogen) atoms. The molecular weight excluding hydrogens is 282 g/mol. The van der Waals surface area contributed by atoms with Crippen molar-refractivity contribution in [2.75, 3.05) is 36.0 Å². The van der Waals surface area contributed by atoms with Crippen molar-refractivity contribution in [3.63, 3.8) is 0 Å². The summed E-state index contributed by atoms with van der Waals surface area (Å²) < 4.78 is 0. The molecular formula is C16H21N3OS. The van der Waals surface area contributed by atoms with Crippen LogP contribution in [0, 0.1) is 0 Å². The molecule has 1 unspecified atom stereocenters. The lowest BCUT2D eigenvalue weighted by Crippen LogP contribution is -2.46. The van der Waals surface area contributed by atoms with Gasteiger partial charge in [-0.15, -0.1) is 11.3 Å². The Bertz CT molecular complexity index is 565. The number of para-hydroxylation sites is 1. The molecule has 0 radical (unpaired) electrons. The van der Waals surface area contributed by atoms with Crippen molar-refractivity contribution in [2.24, 2.45) is 0 Å². The highest BCUT2D eigenvalue weighted by Gasteiger charge is 2.21. The van der Waals surface area contributed by atoms with Crippen LogP contribution >= 0.6 is 11.3 Å². The van der Waals surface area contributed by atoms with E-state index in [1.165, 1.54) is 5.69 Å². The van der Waals surface area contributed by atoms with Gasteiger partial charge in [0.1, 0.15) is 0 Å². The van der Waals surface area contributed by atoms with E-state index in [9.17, 15) is 5.11 Å². The summed E-state index contributed by atoms with van der Waals surface area (Å²) in [5.74, 6) is 0. The molecule has 2 heterocycles. The fraction of sp³-hybridized carbons (Fsp3) is 0.438. The first-order valence-electron chi connectivity index (χ1n) is 7.46. The normalized spacial score (nSPS) is 17.0. The predicted octanol–water partition coefficient (Wildman–Crippen LogP) is 2.91. The van der Waals surface area contributed by atoms with E-state index in [0.29, 0.717) is 0 Å². The molecule has 1 atom stereocenters. The summed E-state index contributed by atoms with van der Waals surface area (Å²) in [5.41, 5.74) is 2.22. The molecule has 0 amide bonds. The van der Waals surface area contributed by atoms with Crippen molar-refractivity contribution in [1.29, 1.82) is 0 Å². The number of thiazole rings is 1. The zero-order valence-electron chi connectivity index (χ0n) is 12.3. The van der Waals surface area contributed by atoms with E-state index in [0.717, 1.165) is 43.3 Å². The molecule has 5 heteroatoms. The summed E-state index contributed by atoms with van der Waals surface area (Å²) in [6, 6.07) is 8.21. The van der Waals surface area contributed by atoms with Gasteiger partial charge in [-0.05, 0) is 12.5 Å². The lowest BCUT2D eigenvalue weighted by molar-refractivity contribution is 0.174. The molecule has 1 aromatic carbocycles. The van der Waals surface area contributed by atoms with Gasteiger partial charge in [-0.25, -0.2) is 4.98 Å². The van der Waals surface area contributed by atoms with Crippen molar-refractivity contribution in [1.82, 2.24) is 4.98 Å². The highest BCUT2D eigenvalue weighted by atomic mass is 32.1. The van der Waals surface area contributed by atoms with Crippen LogP contribution in [0.2, 0.25) is 0 Å². The van der Waals surface area contributed by atoms with Gasteiger partial charge in [0, 0.05) is 49.0 Å². The summed E-state index contributed by atoms with van der Waals surface area (Å²) >= 11 is 1.69. The average Bonchev–Trinajstić information content (AvgIpc) is 3.09. The Labute approximate surface area is 129 Å². The van der Waals surface area contributed by atoms with Gasteiger partial charge in [-0.1, -0.05) is 25.1 Å². The standard InChI is InChI=1S/C16H21N3OS/c1-2-15(20)13-5-3-4-6-14(13)18-8-10-19(11-9-18)16-17-7-12-21-16/h3-7,12,15,20H,2,8-11H2,1H3. The molecule has 0 spiro atoms. The monoisotopic (exact) mass is 303 g/mol. The van der Waals surface area contributed by atoms with Crippen LogP contribution in [0.25, 0.3) is 0 Å². The average molecular weight is 303 g/mol. The molecule has 1 N–H and O–H groups in total. The largest absolute Gasteiger partial charge is 0.388 e. The Morgan fingerprint density at radius 3 is 2.57 bits per heavy atom. The molecule has 1 aliphatic rings. The minimum atomic E-state index is -0.377. The second kappa shape index (κ2) is 6.45. The van der Waals surface area contributed by atoms with E-state index < -0.39 is 0 Å². The third-order valence-electron chi connectivity index (χ3n) is 3.99. The van der Waals surface area contributed by atoms with Crippen molar-refractivity contribution in [2.45, 2.75) is 19.4 Å². The second-order valence-electron chi connectivity index (χ2n) is 5.27. The van der Waals surface area contributed by atoms with Crippen LogP contribution in [0.1, 0.15) is 25.0 Å². The van der Waals surface area contributed by atoms with Gasteiger partial charge >= 0.3 is 0 Å². The van der Waals surface area contributed by atoms with Crippen LogP contribution in [0.3, 0.4) is 0 Å². The van der Waals surface area contributed by atoms with Gasteiger partial charge in [0.25, 0.3) is 0 Å². The lowest BCUT2D eigenvalue weighted by Gasteiger charge is -2.37. The van der Waals surface area contributed by atoms with E-state index in [2.05, 4.69) is 26.9 Å². The number of hydrogen-bond donors (Lipinski definition) is 1. The van der Waals surface area contributed by atoms with Gasteiger partial charge in [0.05, 0.1) is 6.10 Å². The first kappa shape index (κ1) is 14.4. The van der Waals surface area contributed by atoms with Gasteiger partial charge in [-0.2, -0.15) is 0 Å². The lowest BCUT2D eigenvalue weighted by atomic mass is 10.0. The first-order chi connectivity index (χ1) is 10.3. The van der Waals surface area contributed by atoms with Gasteiger partial charge < -0.3 is 14.9 Å². The third-order valence-corrected chi connectivity index (χ3v) is 4.82. The Balaban J connectivity index is 1.72. The van der Waals surface area contributed by atoms with E-state index >= 15 is 0 Å². The Morgan fingerprint density at radius 2 is 1.90 bits per heavy atom. The Kier molecular flexibility index (Phi) is 4.41. The number of piperazine rings is 1. The predicted molar refractivity (Wildman–Crippen MR) is 88.2 cm³/mol. The molecule has 0 aliphatic carbocycles. The van der Waals surface area contributed by atoms with Gasteiger partial charge in [0.2, 0.25) is 0 Å². The summed E-state index contributed by atoms with van der Waals surface area (Å²) in [6.07, 6.45) is 2.23. The van der Waals surface area contributed by atoms with Gasteiger partial charge in [-0.3, -0.25) is 0 Å². The zero-order valence-corrected chi connectivity index (χ0v) is 13.1. The number of anilines is 2. The SMILES string of the molecule is CCC(O)c1ccccc1N1CCN(c2nccs2)CC1. The molecule has 1 aliphatic heterocycles. The highest BCUT2D eigenvalue weighted by Crippen LogP contribution is 2.29. The topological polar surface area (TPSA) is 39.6 Å². The van der Waals surface area contributed by atoms with Crippen molar-refractivity contribution >= 4 is 22.2 Å². The van der Waals surface area contributed by atoms with E-state index in [1.54, 1.807) is 11.3 Å². The minimum Gasteiger partial charge on any atom is -0.388 e. The molecule has 1 fully saturated rings. The van der Waals surface area contributed by atoms with Crippen LogP contribution in [-0.4, -0.2) is 36.3 Å². The fourth-order valence-electron chi connectivity index (χ4n) is 2.79. The highest BCUT2D eigenvalue weighted by molar-refractivity contribution is 7.13. The maximum Gasteiger partial charge on any atom is 0.185 e. The molecule has 1 aromatic heterocycles. The molecule has 1 saturated heterocycles. The van der Waals surface area contributed by atoms with Crippen molar-refractivity contribution in [3.8, 4) is 0 Å². The summed E-state index contributed by atoms with van der Waals surface area (Å²) in [6.45, 7) is 5.90. The molecule has 4 nitrogen and oxygen atoms in total. The molecule has 0 bridgehead atoms. The molecule has 2 aromatic rings. The number of aromatic nitrogens is 1. The van der Waals surface area contributed by atoms with Crippen LogP contribution in [-0.2, 0) is 0 Å². The maximum absolute atomic E-state index is 10.2. The van der Waals surface area contributed by atoms with E-state index in [-0.39, 0.29) is 6.10 Å². The number of aliphatic hydroxyl groups excluding tert-OH is 1. The smallest absolute Gasteiger partial charge is 0.185 e. The van der Waals surface area contributed by atoms with E-state index in [4.69, 9.17) is 0 Å². The van der Waals surface area contributed by atoms with Crippen molar-refractivity contribution in [3.05, 3.63) is 41.4 Å². The van der Waals surface area contributed by atoms with E-state index in [1.807, 2.05) is 30.6 Å². The summed E-state index contributed by atoms with van der Waals surface area (Å²) in [7, 11) is 0. The summed E-state index contributed by atoms with van der Waals surface area (Å²) in [5, 5.41) is 13.3. The fourth-order valence-corrected chi connectivity index (χ4v) is 3.48. The maximum atomic E-state index is 10.2. The number of aliphatic hydroxyl groups is 1. The first-order valence-corrected chi connectivity index (χ1v) is 8.34. The number of rotatable bonds is 4. The quantitative estimate of drug-likeness (QED) is 0.943. The summed E-state index contributed by atoms with van der Waals surface area (Å²) in [4.78, 5) is 9.09. The number of benzene rings is 1. The number of nitrogens with zero attached hydrogens (tertiary/aromatic N) is 3. The van der Waals surface area contributed by atoms with Crippen LogP contribution in [0.4, 0.5) is 10.8 Å². The molecule has 0 saturated carbocycles. The zero-order chi connectivity index (χ0) is 14.7. The Morgan fingerprint density at radius 1 is 1.19 bits per heavy atom. The van der Waals surface area contributed by atoms with Crippen LogP contribution < -0.4 is 9.80 Å². The second-order valence-corrected chi connectivity index (χ2v) is 6.14. The minimum absolute atomic E-state index is 0.377.